The molecule has 90 valence electrons. The predicted molar refractivity (Wildman–Crippen MR) is 69.7 cm³/mol. The second-order valence-corrected chi connectivity index (χ2v) is 5.04. The first-order valence-corrected chi connectivity index (χ1v) is 6.66. The van der Waals surface area contributed by atoms with E-state index >= 15 is 0 Å². The third-order valence-corrected chi connectivity index (χ3v) is 3.72. The lowest BCUT2D eigenvalue weighted by Crippen LogP contribution is -2.14. The molecule has 0 amide bonds. The predicted octanol–water partition coefficient (Wildman–Crippen LogP) is 3.20. The Morgan fingerprint density at radius 3 is 2.82 bits per heavy atom. The second-order valence-electron chi connectivity index (χ2n) is 4.09. The van der Waals surface area contributed by atoms with E-state index in [0.29, 0.717) is 0 Å². The Hall–Kier alpha value is -1.42. The van der Waals surface area contributed by atoms with Gasteiger partial charge in [0.2, 0.25) is 0 Å². The largest absolute Gasteiger partial charge is 0.288 e. The maximum atomic E-state index is 12.2. The molecule has 0 aliphatic heterocycles. The van der Waals surface area contributed by atoms with Crippen molar-refractivity contribution < 1.29 is 4.79 Å². The molecule has 0 aliphatic carbocycles. The lowest BCUT2D eigenvalue weighted by atomic mass is 10.1. The molecule has 0 aromatic carbocycles. The van der Waals surface area contributed by atoms with Crippen molar-refractivity contribution in [2.24, 2.45) is 0 Å². The molecular formula is C13H16N2OS. The molecule has 0 radical (unpaired) electrons. The van der Waals surface area contributed by atoms with E-state index in [1.165, 1.54) is 21.6 Å². The van der Waals surface area contributed by atoms with Gasteiger partial charge in [0.05, 0.1) is 10.6 Å². The van der Waals surface area contributed by atoms with Crippen molar-refractivity contribution >= 4 is 17.2 Å². The fraction of sp³-hybridized carbons (Fsp3) is 0.385. The summed E-state index contributed by atoms with van der Waals surface area (Å²) in [6, 6.07) is 3.72. The number of carbonyl (C=O) groups is 1. The van der Waals surface area contributed by atoms with Crippen LogP contribution in [0.4, 0.5) is 0 Å². The molecule has 2 aromatic rings. The van der Waals surface area contributed by atoms with E-state index in [1.807, 2.05) is 31.4 Å². The standard InChI is InChI=1S/C13H16N2OS/c1-4-6-11-9(2)14-15(10(11)3)13(16)12-7-5-8-17-12/h5,7-8H,4,6H2,1-3H3. The molecule has 2 heterocycles. The molecule has 2 aromatic heterocycles. The van der Waals surface area contributed by atoms with Crippen LogP contribution >= 0.6 is 11.3 Å². The highest BCUT2D eigenvalue weighted by Gasteiger charge is 2.17. The first-order chi connectivity index (χ1) is 8.15. The maximum absolute atomic E-state index is 12.2. The maximum Gasteiger partial charge on any atom is 0.288 e. The lowest BCUT2D eigenvalue weighted by molar-refractivity contribution is 0.0946. The average Bonchev–Trinajstić information content (AvgIpc) is 2.92. The van der Waals surface area contributed by atoms with Crippen molar-refractivity contribution in [3.63, 3.8) is 0 Å². The Bertz CT molecular complexity index is 526. The summed E-state index contributed by atoms with van der Waals surface area (Å²) in [6.45, 7) is 6.07. The van der Waals surface area contributed by atoms with Crippen LogP contribution in [-0.4, -0.2) is 15.7 Å². The summed E-state index contributed by atoms with van der Waals surface area (Å²) in [5.41, 5.74) is 3.15. The van der Waals surface area contributed by atoms with Crippen LogP contribution in [0, 0.1) is 13.8 Å². The molecule has 0 saturated carbocycles. The molecule has 0 spiro atoms. The van der Waals surface area contributed by atoms with Gasteiger partial charge in [0.25, 0.3) is 5.91 Å². The second kappa shape index (κ2) is 4.84. The molecule has 0 saturated heterocycles. The quantitative estimate of drug-likeness (QED) is 0.836. The van der Waals surface area contributed by atoms with Gasteiger partial charge in [0.1, 0.15) is 0 Å². The van der Waals surface area contributed by atoms with Crippen molar-refractivity contribution in [1.29, 1.82) is 0 Å². The molecule has 0 unspecified atom stereocenters. The Labute approximate surface area is 105 Å². The number of aryl methyl sites for hydroxylation is 1. The zero-order valence-corrected chi connectivity index (χ0v) is 11.2. The molecule has 0 atom stereocenters. The van der Waals surface area contributed by atoms with Gasteiger partial charge in [-0.05, 0) is 37.3 Å². The van der Waals surface area contributed by atoms with E-state index < -0.39 is 0 Å². The Kier molecular flexibility index (Phi) is 3.43. The number of rotatable bonds is 3. The van der Waals surface area contributed by atoms with E-state index in [9.17, 15) is 4.79 Å². The van der Waals surface area contributed by atoms with E-state index in [1.54, 1.807) is 0 Å². The number of aromatic nitrogens is 2. The van der Waals surface area contributed by atoms with Crippen LogP contribution in [-0.2, 0) is 6.42 Å². The van der Waals surface area contributed by atoms with Gasteiger partial charge >= 0.3 is 0 Å². The molecular weight excluding hydrogens is 232 g/mol. The first-order valence-electron chi connectivity index (χ1n) is 5.78. The Balaban J connectivity index is 2.40. The van der Waals surface area contributed by atoms with Gasteiger partial charge in [0.15, 0.2) is 0 Å². The minimum absolute atomic E-state index is 0.0250. The molecule has 0 fully saturated rings. The fourth-order valence-electron chi connectivity index (χ4n) is 1.99. The van der Waals surface area contributed by atoms with Gasteiger partial charge in [-0.1, -0.05) is 19.4 Å². The van der Waals surface area contributed by atoms with Gasteiger partial charge in [-0.25, -0.2) is 0 Å². The smallest absolute Gasteiger partial charge is 0.266 e. The van der Waals surface area contributed by atoms with Gasteiger partial charge in [-0.15, -0.1) is 11.3 Å². The number of thiophene rings is 1. The summed E-state index contributed by atoms with van der Waals surface area (Å²) in [7, 11) is 0. The van der Waals surface area contributed by atoms with Crippen LogP contribution < -0.4 is 0 Å². The number of nitrogens with zero attached hydrogens (tertiary/aromatic N) is 2. The van der Waals surface area contributed by atoms with Crippen LogP contribution in [0.15, 0.2) is 17.5 Å². The molecule has 0 N–H and O–H groups in total. The van der Waals surface area contributed by atoms with Crippen LogP contribution in [0.25, 0.3) is 0 Å². The third-order valence-electron chi connectivity index (χ3n) is 2.87. The zero-order chi connectivity index (χ0) is 12.4. The van der Waals surface area contributed by atoms with E-state index in [2.05, 4.69) is 12.0 Å². The van der Waals surface area contributed by atoms with Gasteiger partial charge in [-0.3, -0.25) is 4.79 Å². The van der Waals surface area contributed by atoms with Crippen molar-refractivity contribution in [3.05, 3.63) is 39.3 Å². The van der Waals surface area contributed by atoms with Crippen molar-refractivity contribution in [1.82, 2.24) is 9.78 Å². The molecule has 3 nitrogen and oxygen atoms in total. The minimum atomic E-state index is -0.0250. The Morgan fingerprint density at radius 1 is 1.47 bits per heavy atom. The molecule has 0 aliphatic rings. The monoisotopic (exact) mass is 248 g/mol. The van der Waals surface area contributed by atoms with Crippen molar-refractivity contribution in [2.45, 2.75) is 33.6 Å². The van der Waals surface area contributed by atoms with Crippen LogP contribution in [0.3, 0.4) is 0 Å². The SMILES string of the molecule is CCCc1c(C)nn(C(=O)c2cccs2)c1C. The van der Waals surface area contributed by atoms with Crippen molar-refractivity contribution in [3.8, 4) is 0 Å². The number of hydrogen-bond acceptors (Lipinski definition) is 3. The molecule has 2 rings (SSSR count). The molecule has 0 bridgehead atoms. The summed E-state index contributed by atoms with van der Waals surface area (Å²) in [6.07, 6.45) is 2.05. The summed E-state index contributed by atoms with van der Waals surface area (Å²) in [5, 5.41) is 6.27. The van der Waals surface area contributed by atoms with Crippen LogP contribution in [0.5, 0.6) is 0 Å². The Morgan fingerprint density at radius 2 is 2.24 bits per heavy atom. The van der Waals surface area contributed by atoms with Gasteiger partial charge < -0.3 is 0 Å². The number of carbonyl (C=O) groups excluding carboxylic acids is 1. The van der Waals surface area contributed by atoms with Crippen LogP contribution in [0.1, 0.15) is 40.0 Å². The van der Waals surface area contributed by atoms with Gasteiger partial charge in [-0.2, -0.15) is 9.78 Å². The van der Waals surface area contributed by atoms with Gasteiger partial charge in [0, 0.05) is 5.69 Å². The summed E-state index contributed by atoms with van der Waals surface area (Å²) >= 11 is 1.45. The zero-order valence-electron chi connectivity index (χ0n) is 10.4. The third kappa shape index (κ3) is 2.17. The highest BCUT2D eigenvalue weighted by Crippen LogP contribution is 2.18. The number of hydrogen-bond donors (Lipinski definition) is 0. The summed E-state index contributed by atoms with van der Waals surface area (Å²) in [4.78, 5) is 12.9. The van der Waals surface area contributed by atoms with Crippen molar-refractivity contribution in [2.75, 3.05) is 0 Å². The van der Waals surface area contributed by atoms with E-state index in [4.69, 9.17) is 0 Å². The first kappa shape index (κ1) is 12.0. The molecule has 4 heteroatoms. The highest BCUT2D eigenvalue weighted by molar-refractivity contribution is 7.12. The van der Waals surface area contributed by atoms with Crippen LogP contribution in [0.2, 0.25) is 0 Å². The fourth-order valence-corrected chi connectivity index (χ4v) is 2.64. The lowest BCUT2D eigenvalue weighted by Gasteiger charge is -2.01. The topological polar surface area (TPSA) is 34.9 Å². The highest BCUT2D eigenvalue weighted by atomic mass is 32.1. The van der Waals surface area contributed by atoms with E-state index in [0.717, 1.165) is 29.1 Å². The summed E-state index contributed by atoms with van der Waals surface area (Å²) in [5.74, 6) is -0.0250. The molecule has 17 heavy (non-hydrogen) atoms. The minimum Gasteiger partial charge on any atom is -0.266 e. The van der Waals surface area contributed by atoms with E-state index in [-0.39, 0.29) is 5.91 Å². The average molecular weight is 248 g/mol. The summed E-state index contributed by atoms with van der Waals surface area (Å²) < 4.78 is 1.53. The normalized spacial score (nSPS) is 10.8.